The molecule has 4 nitrogen and oxygen atoms in total. The maximum absolute atomic E-state index is 12.1. The first-order valence-corrected chi connectivity index (χ1v) is 14.0. The number of sulfonamides is 1. The number of halogens is 6. The molecule has 0 amide bonds. The van der Waals surface area contributed by atoms with E-state index in [0.29, 0.717) is 0 Å². The lowest BCUT2D eigenvalue weighted by atomic mass is 10.1. The predicted molar refractivity (Wildman–Crippen MR) is 139 cm³/mol. The lowest BCUT2D eigenvalue weighted by molar-refractivity contribution is -0.241. The zero-order valence-corrected chi connectivity index (χ0v) is 22.1. The van der Waals surface area contributed by atoms with Crippen molar-refractivity contribution in [1.82, 2.24) is 4.72 Å². The van der Waals surface area contributed by atoms with Gasteiger partial charge in [0.1, 0.15) is 12.4 Å². The van der Waals surface area contributed by atoms with Crippen LogP contribution in [0.1, 0.15) is 0 Å². The van der Waals surface area contributed by atoms with Crippen molar-refractivity contribution in [3.63, 3.8) is 0 Å². The minimum absolute atomic E-state index is 0.155. The van der Waals surface area contributed by atoms with Gasteiger partial charge in [0.25, 0.3) is 10.0 Å². The highest BCUT2D eigenvalue weighted by molar-refractivity contribution is 7.97. The highest BCUT2D eigenvalue weighted by Crippen LogP contribution is 2.39. The Bertz CT molecular complexity index is 1430. The summed E-state index contributed by atoms with van der Waals surface area (Å²) in [6.45, 7) is -2.51. The number of fused-ring (bicyclic) bond motifs is 1. The van der Waals surface area contributed by atoms with E-state index in [0.717, 1.165) is 15.9 Å². The van der Waals surface area contributed by atoms with Gasteiger partial charge in [0, 0.05) is 17.3 Å². The van der Waals surface area contributed by atoms with Crippen molar-refractivity contribution in [3.05, 3.63) is 97.1 Å². The van der Waals surface area contributed by atoms with Crippen LogP contribution in [-0.4, -0.2) is 40.2 Å². The van der Waals surface area contributed by atoms with Crippen molar-refractivity contribution >= 4 is 31.7 Å². The van der Waals surface area contributed by atoms with Gasteiger partial charge < -0.3 is 4.74 Å². The summed E-state index contributed by atoms with van der Waals surface area (Å²) < 4.78 is 97.1. The molecule has 0 spiro atoms. The van der Waals surface area contributed by atoms with Gasteiger partial charge in [-0.3, -0.25) is 0 Å². The van der Waals surface area contributed by atoms with E-state index in [1.807, 2.05) is 0 Å². The van der Waals surface area contributed by atoms with E-state index < -0.39 is 34.7 Å². The van der Waals surface area contributed by atoms with Crippen LogP contribution in [0.15, 0.2) is 112 Å². The van der Waals surface area contributed by atoms with Crippen LogP contribution < -0.4 is 9.46 Å². The molecule has 208 valence electrons. The van der Waals surface area contributed by atoms with Gasteiger partial charge in [0.05, 0.1) is 18.0 Å². The summed E-state index contributed by atoms with van der Waals surface area (Å²) in [6.07, 6.45) is -6.23. The van der Waals surface area contributed by atoms with Gasteiger partial charge in [0.2, 0.25) is 0 Å². The van der Waals surface area contributed by atoms with Crippen molar-refractivity contribution in [1.29, 1.82) is 0 Å². The molecule has 0 bridgehead atoms. The molecule has 4 rings (SSSR count). The van der Waals surface area contributed by atoms with Gasteiger partial charge in [-0.25, -0.2) is 17.5 Å². The van der Waals surface area contributed by atoms with Crippen LogP contribution in [0.3, 0.4) is 0 Å². The molecule has 0 atom stereocenters. The Morgan fingerprint density at radius 1 is 0.744 bits per heavy atom. The average Bonchev–Trinajstić information content (AvgIpc) is 2.93. The average molecular weight is 589 g/mol. The third-order valence-electron chi connectivity index (χ3n) is 5.30. The number of nitrogens with one attached hydrogen (secondary N) is 1. The molecule has 0 aliphatic heterocycles. The SMILES string of the molecule is COc1ccc([S+](c2ccccc2)c2ccccc2)c2ccccc12.O=S(=O)(NCCF)C(F)(F)C(F)(F)F. The number of hydrogen-bond acceptors (Lipinski definition) is 3. The first kappa shape index (κ1) is 30.3. The molecule has 0 aromatic heterocycles. The smallest absolute Gasteiger partial charge is 0.470 e. The predicted octanol–water partition coefficient (Wildman–Crippen LogP) is 6.97. The number of alkyl halides is 6. The lowest BCUT2D eigenvalue weighted by Crippen LogP contribution is -2.50. The standard InChI is InChI=1S/C23H19OS.C4H5F6NO2S/c1-24-22-16-17-23(21-15-9-8-14-20(21)22)25(18-10-4-2-5-11-18)19-12-6-3-7-13-19;5-1-2-11-14(12,13)4(9,10)3(6,7)8/h2-17H,1H3;11H,1-2H2/q+1;. The Kier molecular flexibility index (Phi) is 9.92. The second-order valence-corrected chi connectivity index (χ2v) is 11.6. The third kappa shape index (κ3) is 6.87. The molecule has 0 aliphatic carbocycles. The monoisotopic (exact) mass is 588 g/mol. The first-order chi connectivity index (χ1) is 18.4. The molecule has 1 N–H and O–H groups in total. The van der Waals surface area contributed by atoms with Crippen LogP contribution in [0.2, 0.25) is 0 Å². The van der Waals surface area contributed by atoms with Crippen molar-refractivity contribution in [2.24, 2.45) is 0 Å². The minimum atomic E-state index is -6.23. The van der Waals surface area contributed by atoms with Gasteiger partial charge in [-0.05, 0) is 42.5 Å². The van der Waals surface area contributed by atoms with E-state index in [9.17, 15) is 34.8 Å². The normalized spacial score (nSPS) is 12.2. The van der Waals surface area contributed by atoms with Crippen LogP contribution in [0.25, 0.3) is 10.8 Å². The summed E-state index contributed by atoms with van der Waals surface area (Å²) in [6, 6.07) is 34.3. The Balaban J connectivity index is 0.000000258. The second kappa shape index (κ2) is 12.8. The highest BCUT2D eigenvalue weighted by atomic mass is 32.2. The second-order valence-electron chi connectivity index (χ2n) is 7.85. The lowest BCUT2D eigenvalue weighted by Gasteiger charge is -2.19. The van der Waals surface area contributed by atoms with E-state index in [1.54, 1.807) is 7.11 Å². The van der Waals surface area contributed by atoms with Crippen LogP contribution in [-0.2, 0) is 20.9 Å². The fourth-order valence-electron chi connectivity index (χ4n) is 3.52. The topological polar surface area (TPSA) is 55.4 Å². The largest absolute Gasteiger partial charge is 0.496 e. The number of ether oxygens (including phenoxy) is 1. The summed E-state index contributed by atoms with van der Waals surface area (Å²) >= 11 is 0. The highest BCUT2D eigenvalue weighted by Gasteiger charge is 2.67. The molecule has 0 saturated carbocycles. The van der Waals surface area contributed by atoms with Gasteiger partial charge in [-0.1, -0.05) is 54.6 Å². The molecular weight excluding hydrogens is 564 g/mol. The quantitative estimate of drug-likeness (QED) is 0.179. The Hall–Kier alpha value is -3.22. The van der Waals surface area contributed by atoms with E-state index in [2.05, 4.69) is 97.1 Å². The number of methoxy groups -OCH3 is 1. The summed E-state index contributed by atoms with van der Waals surface area (Å²) in [5, 5.41) is -3.51. The zero-order valence-electron chi connectivity index (χ0n) is 20.5. The van der Waals surface area contributed by atoms with Gasteiger partial charge >= 0.3 is 11.4 Å². The fraction of sp³-hybridized carbons (Fsp3) is 0.185. The maximum Gasteiger partial charge on any atom is 0.470 e. The Morgan fingerprint density at radius 2 is 1.23 bits per heavy atom. The molecule has 0 aliphatic rings. The van der Waals surface area contributed by atoms with Crippen LogP contribution in [0.5, 0.6) is 5.75 Å². The third-order valence-corrected chi connectivity index (χ3v) is 9.07. The molecular formula is C27H24F6NO3S2+. The molecule has 0 heterocycles. The number of hydrogen-bond donors (Lipinski definition) is 1. The maximum atomic E-state index is 12.1. The van der Waals surface area contributed by atoms with Crippen molar-refractivity contribution in [3.8, 4) is 5.75 Å². The van der Waals surface area contributed by atoms with E-state index in [-0.39, 0.29) is 10.9 Å². The molecule has 0 saturated heterocycles. The van der Waals surface area contributed by atoms with E-state index >= 15 is 0 Å². The van der Waals surface area contributed by atoms with E-state index in [1.165, 1.54) is 20.1 Å². The zero-order chi connectivity index (χ0) is 28.7. The Morgan fingerprint density at radius 3 is 1.69 bits per heavy atom. The summed E-state index contributed by atoms with van der Waals surface area (Å²) in [4.78, 5) is 3.97. The molecule has 39 heavy (non-hydrogen) atoms. The van der Waals surface area contributed by atoms with Crippen molar-refractivity contribution < 1.29 is 39.5 Å². The van der Waals surface area contributed by atoms with Gasteiger partial charge in [-0.15, -0.1) is 0 Å². The first-order valence-electron chi connectivity index (χ1n) is 11.3. The van der Waals surface area contributed by atoms with Crippen molar-refractivity contribution in [2.45, 2.75) is 26.1 Å². The Labute approximate surface area is 225 Å². The molecule has 0 unspecified atom stereocenters. The molecule has 0 fully saturated rings. The van der Waals surface area contributed by atoms with Crippen molar-refractivity contribution in [2.75, 3.05) is 20.3 Å². The fourth-order valence-corrected chi connectivity index (χ4v) is 6.59. The van der Waals surface area contributed by atoms with Gasteiger partial charge in [-0.2, -0.15) is 22.0 Å². The summed E-state index contributed by atoms with van der Waals surface area (Å²) in [5.74, 6) is 0.920. The number of rotatable bonds is 8. The van der Waals surface area contributed by atoms with Gasteiger partial charge in [0.15, 0.2) is 14.7 Å². The molecule has 4 aromatic carbocycles. The minimum Gasteiger partial charge on any atom is -0.496 e. The van der Waals surface area contributed by atoms with Crippen LogP contribution in [0, 0.1) is 0 Å². The number of benzene rings is 4. The summed E-state index contributed by atoms with van der Waals surface area (Å²) in [5.41, 5.74) is 0. The van der Waals surface area contributed by atoms with Crippen LogP contribution in [0.4, 0.5) is 26.3 Å². The summed E-state index contributed by atoms with van der Waals surface area (Å²) in [7, 11) is -4.35. The van der Waals surface area contributed by atoms with Crippen LogP contribution >= 0.6 is 0 Å². The molecule has 12 heteroatoms. The molecule has 4 aromatic rings. The van der Waals surface area contributed by atoms with E-state index in [4.69, 9.17) is 4.74 Å². The molecule has 0 radical (unpaired) electrons.